The van der Waals surface area contributed by atoms with Crippen molar-refractivity contribution in [1.29, 1.82) is 0 Å². The van der Waals surface area contributed by atoms with Crippen LogP contribution in [0.4, 0.5) is 18.9 Å². The Morgan fingerprint density at radius 2 is 1.90 bits per heavy atom. The first kappa shape index (κ1) is 14.4. The average molecular weight is 289 g/mol. The molecule has 0 saturated carbocycles. The summed E-state index contributed by atoms with van der Waals surface area (Å²) in [5.41, 5.74) is 5.53. The number of carbonyl (C=O) groups is 1. The number of likely N-dealkylation sites (tertiary alicyclic amines) is 1. The lowest BCUT2D eigenvalue weighted by Gasteiger charge is -2.33. The number of amides is 1. The number of nitrogens with zero attached hydrogens (tertiary/aromatic N) is 2. The fraction of sp³-hybridized carbons (Fsp3) is 0.500. The quantitative estimate of drug-likeness (QED) is 0.843. The van der Waals surface area contributed by atoms with Crippen molar-refractivity contribution in [1.82, 2.24) is 9.47 Å². The molecule has 0 aromatic carbocycles. The van der Waals surface area contributed by atoms with Crippen LogP contribution in [-0.2, 0) is 4.79 Å². The minimum Gasteiger partial charge on any atom is -0.399 e. The normalized spacial score (nSPS) is 17.2. The van der Waals surface area contributed by atoms with Crippen molar-refractivity contribution in [3.63, 3.8) is 0 Å². The second-order valence-electron chi connectivity index (χ2n) is 4.73. The highest BCUT2D eigenvalue weighted by molar-refractivity contribution is 5.81. The second kappa shape index (κ2) is 5.18. The third kappa shape index (κ3) is 2.94. The lowest BCUT2D eigenvalue weighted by Crippen LogP contribution is -2.46. The van der Waals surface area contributed by atoms with Crippen LogP contribution < -0.4 is 11.3 Å². The number of hydrogen-bond donors (Lipinski definition) is 1. The molecule has 1 fully saturated rings. The van der Waals surface area contributed by atoms with Gasteiger partial charge in [0.25, 0.3) is 5.56 Å². The van der Waals surface area contributed by atoms with Gasteiger partial charge in [0.2, 0.25) is 0 Å². The number of pyridine rings is 1. The molecule has 1 saturated heterocycles. The third-order valence-corrected chi connectivity index (χ3v) is 3.36. The van der Waals surface area contributed by atoms with Crippen LogP contribution in [0.25, 0.3) is 0 Å². The van der Waals surface area contributed by atoms with Crippen LogP contribution in [0.1, 0.15) is 18.9 Å². The Balaban J connectivity index is 2.05. The Morgan fingerprint density at radius 1 is 1.30 bits per heavy atom. The Bertz CT molecular complexity index is 560. The molecule has 1 amide bonds. The number of halogens is 3. The predicted octanol–water partition coefficient (Wildman–Crippen LogP) is 1.16. The van der Waals surface area contributed by atoms with Crippen molar-refractivity contribution in [3.05, 3.63) is 28.7 Å². The molecule has 1 aliphatic rings. The van der Waals surface area contributed by atoms with Crippen molar-refractivity contribution in [2.45, 2.75) is 25.1 Å². The maximum atomic E-state index is 12.3. The van der Waals surface area contributed by atoms with Crippen molar-refractivity contribution < 1.29 is 18.0 Å². The molecule has 2 rings (SSSR count). The SMILES string of the molecule is Nc1ccn(C2CCN(C(=O)C(F)(F)F)CC2)c(=O)c1. The van der Waals surface area contributed by atoms with Crippen LogP contribution in [0, 0.1) is 0 Å². The average Bonchev–Trinajstić information content (AvgIpc) is 2.37. The van der Waals surface area contributed by atoms with E-state index in [-0.39, 0.29) is 24.7 Å². The highest BCUT2D eigenvalue weighted by Gasteiger charge is 2.43. The third-order valence-electron chi connectivity index (χ3n) is 3.36. The number of anilines is 1. The van der Waals surface area contributed by atoms with Crippen LogP contribution in [-0.4, -0.2) is 34.6 Å². The van der Waals surface area contributed by atoms with Crippen molar-refractivity contribution >= 4 is 11.6 Å². The summed E-state index contributed by atoms with van der Waals surface area (Å²) in [7, 11) is 0. The maximum Gasteiger partial charge on any atom is 0.471 e. The van der Waals surface area contributed by atoms with Gasteiger partial charge in [0.15, 0.2) is 0 Å². The zero-order valence-electron chi connectivity index (χ0n) is 10.6. The molecule has 8 heteroatoms. The lowest BCUT2D eigenvalue weighted by atomic mass is 10.0. The van der Waals surface area contributed by atoms with E-state index < -0.39 is 12.1 Å². The molecule has 0 radical (unpaired) electrons. The van der Waals surface area contributed by atoms with E-state index in [1.807, 2.05) is 0 Å². The van der Waals surface area contributed by atoms with Crippen molar-refractivity contribution in [2.24, 2.45) is 0 Å². The van der Waals surface area contributed by atoms with Crippen molar-refractivity contribution in [2.75, 3.05) is 18.8 Å². The Kier molecular flexibility index (Phi) is 3.74. The number of carbonyl (C=O) groups excluding carboxylic acids is 1. The lowest BCUT2D eigenvalue weighted by molar-refractivity contribution is -0.186. The number of aromatic nitrogens is 1. The van der Waals surface area contributed by atoms with Gasteiger partial charge in [-0.15, -0.1) is 0 Å². The number of rotatable bonds is 1. The number of hydrogen-bond acceptors (Lipinski definition) is 3. The van der Waals surface area contributed by atoms with Gasteiger partial charge >= 0.3 is 12.1 Å². The number of alkyl halides is 3. The molecule has 1 aromatic heterocycles. The van der Waals surface area contributed by atoms with Crippen LogP contribution >= 0.6 is 0 Å². The summed E-state index contributed by atoms with van der Waals surface area (Å²) in [6.07, 6.45) is -2.69. The van der Waals surface area contributed by atoms with Gasteiger partial charge in [-0.3, -0.25) is 9.59 Å². The summed E-state index contributed by atoms with van der Waals surface area (Å²) in [5, 5.41) is 0. The molecule has 2 heterocycles. The summed E-state index contributed by atoms with van der Waals surface area (Å²) in [6.45, 7) is -0.0281. The summed E-state index contributed by atoms with van der Waals surface area (Å²) >= 11 is 0. The van der Waals surface area contributed by atoms with E-state index in [0.29, 0.717) is 18.5 Å². The molecule has 1 aromatic rings. The number of piperidine rings is 1. The Hall–Kier alpha value is -1.99. The summed E-state index contributed by atoms with van der Waals surface area (Å²) < 4.78 is 38.4. The van der Waals surface area contributed by atoms with Gasteiger partial charge in [0.1, 0.15) is 0 Å². The highest BCUT2D eigenvalue weighted by Crippen LogP contribution is 2.25. The van der Waals surface area contributed by atoms with Gasteiger partial charge in [-0.1, -0.05) is 0 Å². The molecule has 0 aliphatic carbocycles. The van der Waals surface area contributed by atoms with Crippen LogP contribution in [0.5, 0.6) is 0 Å². The molecule has 2 N–H and O–H groups in total. The molecule has 5 nitrogen and oxygen atoms in total. The summed E-state index contributed by atoms with van der Waals surface area (Å²) in [6, 6.07) is 2.63. The standard InChI is InChI=1S/C12H14F3N3O2/c13-12(14,15)11(20)17-4-2-9(3-5-17)18-6-1-8(16)7-10(18)19/h1,6-7,9H,2-5,16H2. The fourth-order valence-electron chi connectivity index (χ4n) is 2.33. The molecule has 0 bridgehead atoms. The van der Waals surface area contributed by atoms with Crippen LogP contribution in [0.2, 0.25) is 0 Å². The van der Waals surface area contributed by atoms with E-state index >= 15 is 0 Å². The minimum absolute atomic E-state index is 0.0141. The minimum atomic E-state index is -4.84. The summed E-state index contributed by atoms with van der Waals surface area (Å²) in [4.78, 5) is 23.6. The van der Waals surface area contributed by atoms with Gasteiger partial charge in [0.05, 0.1) is 0 Å². The first-order valence-electron chi connectivity index (χ1n) is 6.13. The first-order chi connectivity index (χ1) is 9.29. The molecule has 0 unspecified atom stereocenters. The van der Waals surface area contributed by atoms with Gasteiger partial charge < -0.3 is 15.2 Å². The van der Waals surface area contributed by atoms with E-state index in [0.717, 1.165) is 4.90 Å². The van der Waals surface area contributed by atoms with E-state index in [9.17, 15) is 22.8 Å². The monoisotopic (exact) mass is 289 g/mol. The van der Waals surface area contributed by atoms with E-state index in [2.05, 4.69) is 0 Å². The van der Waals surface area contributed by atoms with Crippen LogP contribution in [0.3, 0.4) is 0 Å². The maximum absolute atomic E-state index is 12.3. The molecular formula is C12H14F3N3O2. The van der Waals surface area contributed by atoms with Crippen molar-refractivity contribution in [3.8, 4) is 0 Å². The van der Waals surface area contributed by atoms with Gasteiger partial charge in [0, 0.05) is 37.1 Å². The molecule has 0 atom stereocenters. The fourth-order valence-corrected chi connectivity index (χ4v) is 2.33. The largest absolute Gasteiger partial charge is 0.471 e. The number of nitrogen functional groups attached to an aromatic ring is 1. The Labute approximate surface area is 112 Å². The van der Waals surface area contributed by atoms with Gasteiger partial charge in [-0.25, -0.2) is 0 Å². The second-order valence-corrected chi connectivity index (χ2v) is 4.73. The Morgan fingerprint density at radius 3 is 2.40 bits per heavy atom. The number of nitrogens with two attached hydrogens (primary N) is 1. The molecular weight excluding hydrogens is 275 g/mol. The van der Waals surface area contributed by atoms with Gasteiger partial charge in [-0.2, -0.15) is 13.2 Å². The zero-order chi connectivity index (χ0) is 14.9. The topological polar surface area (TPSA) is 68.3 Å². The van der Waals surface area contributed by atoms with Crippen LogP contribution in [0.15, 0.2) is 23.1 Å². The highest BCUT2D eigenvalue weighted by atomic mass is 19.4. The van der Waals surface area contributed by atoms with E-state index in [4.69, 9.17) is 5.73 Å². The first-order valence-corrected chi connectivity index (χ1v) is 6.13. The molecule has 0 spiro atoms. The molecule has 110 valence electrons. The van der Waals surface area contributed by atoms with E-state index in [1.54, 1.807) is 6.07 Å². The molecule has 1 aliphatic heterocycles. The smallest absolute Gasteiger partial charge is 0.399 e. The summed E-state index contributed by atoms with van der Waals surface area (Å²) in [5.74, 6) is -1.82. The van der Waals surface area contributed by atoms with Gasteiger partial charge in [-0.05, 0) is 18.9 Å². The predicted molar refractivity (Wildman–Crippen MR) is 66.0 cm³/mol. The zero-order valence-corrected chi connectivity index (χ0v) is 10.6. The van der Waals surface area contributed by atoms with E-state index in [1.165, 1.54) is 16.8 Å². The molecule has 20 heavy (non-hydrogen) atoms.